The van der Waals surface area contributed by atoms with E-state index in [0.717, 1.165) is 62.4 Å². The SMILES string of the molecule is Cc1ccnc(C)c1C(=O)N1CC2CN(CC(C)[C@H](NC(=O)C3CCCC3)c3ccccc3)CC2C1. The fraction of sp³-hybridized carbons (Fsp3) is 0.567. The van der Waals surface area contributed by atoms with Crippen molar-refractivity contribution < 1.29 is 9.59 Å². The summed E-state index contributed by atoms with van der Waals surface area (Å²) in [6, 6.07) is 12.4. The number of aromatic nitrogens is 1. The Morgan fingerprint density at radius 2 is 1.67 bits per heavy atom. The van der Waals surface area contributed by atoms with Gasteiger partial charge in [-0.25, -0.2) is 0 Å². The molecule has 2 aliphatic heterocycles. The third-order valence-electron chi connectivity index (χ3n) is 8.71. The molecule has 36 heavy (non-hydrogen) atoms. The van der Waals surface area contributed by atoms with Crippen molar-refractivity contribution in [1.29, 1.82) is 0 Å². The minimum atomic E-state index is 0.0225. The summed E-state index contributed by atoms with van der Waals surface area (Å²) in [5.74, 6) is 1.86. The number of hydrogen-bond donors (Lipinski definition) is 1. The predicted octanol–water partition coefficient (Wildman–Crippen LogP) is 4.39. The van der Waals surface area contributed by atoms with Crippen molar-refractivity contribution in [3.05, 3.63) is 65.0 Å². The molecule has 6 heteroatoms. The first-order valence-corrected chi connectivity index (χ1v) is 13.7. The van der Waals surface area contributed by atoms with Gasteiger partial charge in [-0.15, -0.1) is 0 Å². The number of nitrogens with one attached hydrogen (secondary N) is 1. The minimum absolute atomic E-state index is 0.0225. The Morgan fingerprint density at radius 3 is 2.31 bits per heavy atom. The maximum Gasteiger partial charge on any atom is 0.255 e. The third-order valence-corrected chi connectivity index (χ3v) is 8.71. The topological polar surface area (TPSA) is 65.5 Å². The van der Waals surface area contributed by atoms with Gasteiger partial charge < -0.3 is 15.1 Å². The van der Waals surface area contributed by atoms with Crippen LogP contribution in [0.5, 0.6) is 0 Å². The monoisotopic (exact) mass is 488 g/mol. The second-order valence-electron chi connectivity index (χ2n) is 11.4. The first-order chi connectivity index (χ1) is 17.4. The fourth-order valence-corrected chi connectivity index (χ4v) is 6.77. The van der Waals surface area contributed by atoms with E-state index < -0.39 is 0 Å². The van der Waals surface area contributed by atoms with Crippen molar-refractivity contribution in [2.45, 2.75) is 52.5 Å². The van der Waals surface area contributed by atoms with Crippen molar-refractivity contribution >= 4 is 11.8 Å². The van der Waals surface area contributed by atoms with Gasteiger partial charge in [0.05, 0.1) is 17.3 Å². The van der Waals surface area contributed by atoms with Crippen LogP contribution in [0.25, 0.3) is 0 Å². The van der Waals surface area contributed by atoms with Gasteiger partial charge in [-0.2, -0.15) is 0 Å². The van der Waals surface area contributed by atoms with E-state index in [2.05, 4.69) is 46.4 Å². The van der Waals surface area contributed by atoms with E-state index in [-0.39, 0.29) is 23.8 Å². The van der Waals surface area contributed by atoms with Crippen molar-refractivity contribution in [1.82, 2.24) is 20.1 Å². The second-order valence-corrected chi connectivity index (χ2v) is 11.4. The van der Waals surface area contributed by atoms with Crippen LogP contribution < -0.4 is 5.32 Å². The van der Waals surface area contributed by atoms with Gasteiger partial charge in [-0.05, 0) is 61.6 Å². The molecular weight excluding hydrogens is 448 g/mol. The number of pyridine rings is 1. The van der Waals surface area contributed by atoms with E-state index in [4.69, 9.17) is 0 Å². The molecule has 6 nitrogen and oxygen atoms in total. The highest BCUT2D eigenvalue weighted by molar-refractivity contribution is 5.96. The van der Waals surface area contributed by atoms with Gasteiger partial charge in [-0.1, -0.05) is 50.1 Å². The van der Waals surface area contributed by atoms with Gasteiger partial charge in [-0.3, -0.25) is 14.6 Å². The molecule has 1 aromatic heterocycles. The summed E-state index contributed by atoms with van der Waals surface area (Å²) in [6.45, 7) is 10.8. The van der Waals surface area contributed by atoms with Crippen LogP contribution in [-0.4, -0.2) is 59.3 Å². The highest BCUT2D eigenvalue weighted by atomic mass is 16.2. The number of amides is 2. The number of aryl methyl sites for hydroxylation is 2. The molecule has 4 atom stereocenters. The van der Waals surface area contributed by atoms with Crippen LogP contribution in [0.15, 0.2) is 42.6 Å². The Hall–Kier alpha value is -2.73. The van der Waals surface area contributed by atoms with Crippen molar-refractivity contribution in [3.63, 3.8) is 0 Å². The maximum atomic E-state index is 13.3. The second kappa shape index (κ2) is 10.7. The normalized spacial score (nSPS) is 24.0. The molecule has 3 aliphatic rings. The molecular formula is C30H40N4O2. The summed E-state index contributed by atoms with van der Waals surface area (Å²) in [5, 5.41) is 3.43. The lowest BCUT2D eigenvalue weighted by Crippen LogP contribution is -2.40. The number of fused-ring (bicyclic) bond motifs is 1. The number of nitrogens with zero attached hydrogens (tertiary/aromatic N) is 3. The van der Waals surface area contributed by atoms with Gasteiger partial charge >= 0.3 is 0 Å². The van der Waals surface area contributed by atoms with E-state index in [0.29, 0.717) is 17.8 Å². The Kier molecular flexibility index (Phi) is 7.42. The summed E-state index contributed by atoms with van der Waals surface area (Å²) >= 11 is 0. The lowest BCUT2D eigenvalue weighted by Gasteiger charge is -2.31. The number of rotatable bonds is 7. The number of hydrogen-bond acceptors (Lipinski definition) is 4. The Balaban J connectivity index is 1.20. The lowest BCUT2D eigenvalue weighted by atomic mass is 9.93. The molecule has 0 bridgehead atoms. The molecule has 1 N–H and O–H groups in total. The molecule has 5 rings (SSSR count). The standard InChI is InChI=1S/C30H40N4O2/c1-20-13-14-31-22(3)27(20)30(36)34-18-25-16-33(17-26(25)19-34)15-21(2)28(23-9-5-4-6-10-23)32-29(35)24-11-7-8-12-24/h4-6,9-10,13-14,21,24-26,28H,7-8,11-12,15-19H2,1-3H3,(H,32,35)/t21?,25?,26?,28-/m0/s1. The zero-order valence-corrected chi connectivity index (χ0v) is 22.0. The summed E-state index contributed by atoms with van der Waals surface area (Å²) < 4.78 is 0. The van der Waals surface area contributed by atoms with E-state index in [1.165, 1.54) is 18.4 Å². The van der Waals surface area contributed by atoms with Crippen molar-refractivity contribution in [2.24, 2.45) is 23.7 Å². The van der Waals surface area contributed by atoms with Gasteiger partial charge in [0.15, 0.2) is 0 Å². The van der Waals surface area contributed by atoms with Crippen molar-refractivity contribution in [3.8, 4) is 0 Å². The van der Waals surface area contributed by atoms with Crippen LogP contribution >= 0.6 is 0 Å². The maximum absolute atomic E-state index is 13.3. The number of likely N-dealkylation sites (tertiary alicyclic amines) is 2. The minimum Gasteiger partial charge on any atom is -0.349 e. The van der Waals surface area contributed by atoms with Crippen LogP contribution in [0.1, 0.15) is 65.8 Å². The molecule has 2 aromatic rings. The van der Waals surface area contributed by atoms with Gasteiger partial charge in [0.25, 0.3) is 5.91 Å². The number of carbonyl (C=O) groups is 2. The summed E-state index contributed by atoms with van der Waals surface area (Å²) in [5.41, 5.74) is 3.78. The smallest absolute Gasteiger partial charge is 0.255 e. The third kappa shape index (κ3) is 5.19. The Labute approximate surface area is 215 Å². The fourth-order valence-electron chi connectivity index (χ4n) is 6.77. The first kappa shape index (κ1) is 24.9. The molecule has 192 valence electrons. The zero-order chi connectivity index (χ0) is 25.2. The van der Waals surface area contributed by atoms with Gasteiger partial charge in [0.1, 0.15) is 0 Å². The average Bonchev–Trinajstić information content (AvgIpc) is 3.60. The Bertz CT molecular complexity index is 1050. The lowest BCUT2D eigenvalue weighted by molar-refractivity contribution is -0.126. The van der Waals surface area contributed by atoms with Crippen LogP contribution in [0.3, 0.4) is 0 Å². The molecule has 1 aliphatic carbocycles. The highest BCUT2D eigenvalue weighted by Crippen LogP contribution is 2.34. The summed E-state index contributed by atoms with van der Waals surface area (Å²) in [7, 11) is 0. The molecule has 2 amide bonds. The molecule has 3 fully saturated rings. The quantitative estimate of drug-likeness (QED) is 0.628. The van der Waals surface area contributed by atoms with Gasteiger partial charge in [0, 0.05) is 44.8 Å². The molecule has 1 saturated carbocycles. The van der Waals surface area contributed by atoms with Crippen LogP contribution in [0.4, 0.5) is 0 Å². The zero-order valence-electron chi connectivity index (χ0n) is 22.0. The Morgan fingerprint density at radius 1 is 1.00 bits per heavy atom. The molecule has 0 radical (unpaired) electrons. The predicted molar refractivity (Wildman–Crippen MR) is 141 cm³/mol. The largest absolute Gasteiger partial charge is 0.349 e. The van der Waals surface area contributed by atoms with E-state index >= 15 is 0 Å². The number of carbonyl (C=O) groups excluding carboxylic acids is 2. The van der Waals surface area contributed by atoms with Gasteiger partial charge in [0.2, 0.25) is 5.91 Å². The average molecular weight is 489 g/mol. The molecule has 1 aromatic carbocycles. The number of benzene rings is 1. The van der Waals surface area contributed by atoms with Crippen LogP contribution in [0.2, 0.25) is 0 Å². The highest BCUT2D eigenvalue weighted by Gasteiger charge is 2.42. The van der Waals surface area contributed by atoms with E-state index in [9.17, 15) is 9.59 Å². The van der Waals surface area contributed by atoms with Crippen LogP contribution in [0, 0.1) is 37.5 Å². The molecule has 3 unspecified atom stereocenters. The first-order valence-electron chi connectivity index (χ1n) is 13.7. The van der Waals surface area contributed by atoms with Crippen LogP contribution in [-0.2, 0) is 4.79 Å². The van der Waals surface area contributed by atoms with E-state index in [1.807, 2.05) is 30.9 Å². The van der Waals surface area contributed by atoms with Crippen molar-refractivity contribution in [2.75, 3.05) is 32.7 Å². The molecule has 3 heterocycles. The molecule has 0 spiro atoms. The van der Waals surface area contributed by atoms with E-state index in [1.54, 1.807) is 6.20 Å². The summed E-state index contributed by atoms with van der Waals surface area (Å²) in [4.78, 5) is 35.2. The summed E-state index contributed by atoms with van der Waals surface area (Å²) in [6.07, 6.45) is 6.15. The molecule has 2 saturated heterocycles.